The van der Waals surface area contributed by atoms with Crippen molar-refractivity contribution < 1.29 is 4.74 Å². The molecule has 0 unspecified atom stereocenters. The van der Waals surface area contributed by atoms with Gasteiger partial charge in [0.25, 0.3) is 0 Å². The Morgan fingerprint density at radius 3 is 2.63 bits per heavy atom. The van der Waals surface area contributed by atoms with Crippen LogP contribution in [0.25, 0.3) is 5.65 Å². The van der Waals surface area contributed by atoms with E-state index in [1.807, 2.05) is 16.6 Å². The highest BCUT2D eigenvalue weighted by atomic mass is 32.1. The fourth-order valence-corrected chi connectivity index (χ4v) is 4.51. The second kappa shape index (κ2) is 7.01. The standard InChI is InChI=1S/C17H22N8OS/c1-26-11-15-19-21-17(27-15)24-9-5-12(6-10-24)16-20-18-13-3-4-14(22-25(13)16)23-7-2-8-23/h3-4,12H,2,5-11H2,1H3. The first-order valence-electron chi connectivity index (χ1n) is 9.35. The van der Waals surface area contributed by atoms with E-state index in [4.69, 9.17) is 9.84 Å². The van der Waals surface area contributed by atoms with Gasteiger partial charge in [-0.05, 0) is 31.4 Å². The van der Waals surface area contributed by atoms with E-state index in [1.165, 1.54) is 6.42 Å². The zero-order chi connectivity index (χ0) is 18.2. The number of aromatic nitrogens is 6. The molecule has 27 heavy (non-hydrogen) atoms. The van der Waals surface area contributed by atoms with Crippen LogP contribution in [-0.4, -0.2) is 63.3 Å². The maximum absolute atomic E-state index is 5.14. The number of fused-ring (bicyclic) bond motifs is 1. The molecule has 0 radical (unpaired) electrons. The quantitative estimate of drug-likeness (QED) is 0.655. The number of nitrogens with zero attached hydrogens (tertiary/aromatic N) is 8. The molecule has 2 saturated heterocycles. The fourth-order valence-electron chi connectivity index (χ4n) is 3.65. The van der Waals surface area contributed by atoms with Crippen LogP contribution in [0.1, 0.15) is 36.0 Å². The molecule has 0 aliphatic carbocycles. The van der Waals surface area contributed by atoms with Gasteiger partial charge in [-0.2, -0.15) is 4.52 Å². The molecule has 0 aromatic carbocycles. The second-order valence-corrected chi connectivity index (χ2v) is 8.07. The Morgan fingerprint density at radius 2 is 1.89 bits per heavy atom. The topological polar surface area (TPSA) is 84.6 Å². The van der Waals surface area contributed by atoms with Gasteiger partial charge in [-0.15, -0.1) is 25.5 Å². The molecule has 0 bridgehead atoms. The third kappa shape index (κ3) is 3.12. The highest BCUT2D eigenvalue weighted by molar-refractivity contribution is 7.15. The van der Waals surface area contributed by atoms with Gasteiger partial charge < -0.3 is 14.5 Å². The smallest absolute Gasteiger partial charge is 0.208 e. The lowest BCUT2D eigenvalue weighted by molar-refractivity contribution is 0.184. The van der Waals surface area contributed by atoms with Crippen molar-refractivity contribution in [1.82, 2.24) is 30.0 Å². The normalized spacial score (nSPS) is 18.3. The van der Waals surface area contributed by atoms with Crippen molar-refractivity contribution in [3.8, 4) is 0 Å². The van der Waals surface area contributed by atoms with Gasteiger partial charge in [-0.3, -0.25) is 0 Å². The maximum atomic E-state index is 5.14. The Hall–Kier alpha value is -2.33. The third-order valence-electron chi connectivity index (χ3n) is 5.31. The Bertz CT molecular complexity index is 928. The molecule has 0 amide bonds. The SMILES string of the molecule is COCc1nnc(N2CCC(c3nnc4ccc(N5CCC5)nn34)CC2)s1. The van der Waals surface area contributed by atoms with Crippen molar-refractivity contribution in [1.29, 1.82) is 0 Å². The van der Waals surface area contributed by atoms with Crippen molar-refractivity contribution >= 4 is 27.9 Å². The number of anilines is 2. The average molecular weight is 386 g/mol. The molecule has 5 rings (SSSR count). The summed E-state index contributed by atoms with van der Waals surface area (Å²) in [5, 5.41) is 24.0. The molecule has 2 aliphatic heterocycles. The molecule has 3 aromatic rings. The summed E-state index contributed by atoms with van der Waals surface area (Å²) in [6, 6.07) is 4.06. The minimum Gasteiger partial charge on any atom is -0.377 e. The Labute approximate surface area is 161 Å². The van der Waals surface area contributed by atoms with Gasteiger partial charge >= 0.3 is 0 Å². The lowest BCUT2D eigenvalue weighted by Crippen LogP contribution is -2.38. The highest BCUT2D eigenvalue weighted by Gasteiger charge is 2.27. The van der Waals surface area contributed by atoms with Crippen molar-refractivity contribution in [2.24, 2.45) is 0 Å². The van der Waals surface area contributed by atoms with Crippen LogP contribution in [0.15, 0.2) is 12.1 Å². The monoisotopic (exact) mass is 386 g/mol. The minimum absolute atomic E-state index is 0.363. The van der Waals surface area contributed by atoms with Crippen LogP contribution in [0.3, 0.4) is 0 Å². The third-order valence-corrected chi connectivity index (χ3v) is 6.27. The predicted octanol–water partition coefficient (Wildman–Crippen LogP) is 1.72. The molecule has 3 aromatic heterocycles. The number of hydrogen-bond acceptors (Lipinski definition) is 9. The molecule has 2 fully saturated rings. The number of hydrogen-bond donors (Lipinski definition) is 0. The Morgan fingerprint density at radius 1 is 1.04 bits per heavy atom. The van der Waals surface area contributed by atoms with Crippen LogP contribution in [0.2, 0.25) is 0 Å². The van der Waals surface area contributed by atoms with E-state index in [0.29, 0.717) is 12.5 Å². The molecule has 142 valence electrons. The average Bonchev–Trinajstić information content (AvgIpc) is 3.28. The molecule has 2 aliphatic rings. The first-order chi connectivity index (χ1) is 13.3. The van der Waals surface area contributed by atoms with Gasteiger partial charge in [0.15, 0.2) is 11.5 Å². The Kier molecular flexibility index (Phi) is 4.36. The summed E-state index contributed by atoms with van der Waals surface area (Å²) in [5.41, 5.74) is 0.824. The molecule has 0 atom stereocenters. The summed E-state index contributed by atoms with van der Waals surface area (Å²) >= 11 is 1.61. The minimum atomic E-state index is 0.363. The summed E-state index contributed by atoms with van der Waals surface area (Å²) < 4.78 is 7.08. The summed E-state index contributed by atoms with van der Waals surface area (Å²) in [5.74, 6) is 2.36. The van der Waals surface area contributed by atoms with Crippen molar-refractivity contribution in [3.05, 3.63) is 23.0 Å². The molecule has 5 heterocycles. The summed E-state index contributed by atoms with van der Waals surface area (Å²) in [4.78, 5) is 4.59. The zero-order valence-electron chi connectivity index (χ0n) is 15.3. The summed E-state index contributed by atoms with van der Waals surface area (Å²) in [6.45, 7) is 4.56. The number of ether oxygens (including phenoxy) is 1. The molecular formula is C17H22N8OS. The molecule has 0 saturated carbocycles. The van der Waals surface area contributed by atoms with Crippen LogP contribution >= 0.6 is 11.3 Å². The highest BCUT2D eigenvalue weighted by Crippen LogP contribution is 2.31. The van der Waals surface area contributed by atoms with Crippen LogP contribution in [0.4, 0.5) is 10.9 Å². The van der Waals surface area contributed by atoms with E-state index in [2.05, 4.69) is 30.2 Å². The largest absolute Gasteiger partial charge is 0.377 e. The maximum Gasteiger partial charge on any atom is 0.208 e. The van der Waals surface area contributed by atoms with Gasteiger partial charge in [-0.25, -0.2) is 0 Å². The van der Waals surface area contributed by atoms with E-state index in [9.17, 15) is 0 Å². The number of rotatable bonds is 5. The van der Waals surface area contributed by atoms with Gasteiger partial charge in [0.1, 0.15) is 17.4 Å². The number of piperidine rings is 1. The molecule has 10 heteroatoms. The van der Waals surface area contributed by atoms with E-state index < -0.39 is 0 Å². The molecule has 0 N–H and O–H groups in total. The van der Waals surface area contributed by atoms with Crippen LogP contribution < -0.4 is 9.80 Å². The van der Waals surface area contributed by atoms with E-state index in [1.54, 1.807) is 18.4 Å². The van der Waals surface area contributed by atoms with Crippen molar-refractivity contribution in [3.63, 3.8) is 0 Å². The van der Waals surface area contributed by atoms with Gasteiger partial charge in [0, 0.05) is 39.2 Å². The van der Waals surface area contributed by atoms with Gasteiger partial charge in [0.05, 0.1) is 0 Å². The molecular weight excluding hydrogens is 364 g/mol. The van der Waals surface area contributed by atoms with Crippen molar-refractivity contribution in [2.45, 2.75) is 31.8 Å². The molecule has 9 nitrogen and oxygen atoms in total. The zero-order valence-corrected chi connectivity index (χ0v) is 16.1. The molecule has 0 spiro atoms. The van der Waals surface area contributed by atoms with E-state index in [-0.39, 0.29) is 0 Å². The fraction of sp³-hybridized carbons (Fsp3) is 0.588. The van der Waals surface area contributed by atoms with Gasteiger partial charge in [0.2, 0.25) is 5.13 Å². The lowest BCUT2D eigenvalue weighted by Gasteiger charge is -2.32. The summed E-state index contributed by atoms with van der Waals surface area (Å²) in [6.07, 6.45) is 3.26. The number of methoxy groups -OCH3 is 1. The first kappa shape index (κ1) is 16.8. The first-order valence-corrected chi connectivity index (χ1v) is 10.2. The van der Waals surface area contributed by atoms with Gasteiger partial charge in [-0.1, -0.05) is 11.3 Å². The second-order valence-electron chi connectivity index (χ2n) is 7.03. The van der Waals surface area contributed by atoms with Crippen LogP contribution in [0.5, 0.6) is 0 Å². The Balaban J connectivity index is 1.31. The van der Waals surface area contributed by atoms with E-state index in [0.717, 1.165) is 66.4 Å². The summed E-state index contributed by atoms with van der Waals surface area (Å²) in [7, 11) is 1.68. The lowest BCUT2D eigenvalue weighted by atomic mass is 9.96. The van der Waals surface area contributed by atoms with Crippen LogP contribution in [-0.2, 0) is 11.3 Å². The van der Waals surface area contributed by atoms with Crippen molar-refractivity contribution in [2.75, 3.05) is 43.1 Å². The van der Waals surface area contributed by atoms with Crippen LogP contribution in [0, 0.1) is 0 Å². The van der Waals surface area contributed by atoms with E-state index >= 15 is 0 Å². The predicted molar refractivity (Wildman–Crippen MR) is 102 cm³/mol.